The van der Waals surface area contributed by atoms with Gasteiger partial charge in [-0.3, -0.25) is 4.57 Å². The number of ether oxygens (including phenoxy) is 1. The molecule has 0 spiro atoms. The maximum Gasteiger partial charge on any atom is 0.407 e. The monoisotopic (exact) mass is 544 g/mol. The first-order valence-corrected chi connectivity index (χ1v) is 9.97. The van der Waals surface area contributed by atoms with Gasteiger partial charge in [0.25, 0.3) is 0 Å². The Morgan fingerprint density at radius 2 is 2.00 bits per heavy atom. The fourth-order valence-corrected chi connectivity index (χ4v) is 2.50. The summed E-state index contributed by atoms with van der Waals surface area (Å²) in [5.74, 6) is 0.651. The molecule has 11 heteroatoms. The van der Waals surface area contributed by atoms with E-state index in [9.17, 15) is 13.6 Å². The van der Waals surface area contributed by atoms with Crippen molar-refractivity contribution in [1.82, 2.24) is 25.5 Å². The average Bonchev–Trinajstić information content (AvgIpc) is 3.09. The molecule has 8 nitrogen and oxygen atoms in total. The quantitative estimate of drug-likeness (QED) is 0.235. The summed E-state index contributed by atoms with van der Waals surface area (Å²) in [6.07, 6.45) is 4.84. The number of carbonyl (C=O) groups excluding carboxylic acids is 1. The molecule has 0 aliphatic rings. The summed E-state index contributed by atoms with van der Waals surface area (Å²) in [6.45, 7) is 7.72. The molecule has 0 saturated heterocycles. The van der Waals surface area contributed by atoms with Crippen LogP contribution >= 0.6 is 24.0 Å². The zero-order chi connectivity index (χ0) is 21.9. The van der Waals surface area contributed by atoms with Crippen molar-refractivity contribution in [2.75, 3.05) is 13.1 Å². The first-order chi connectivity index (χ1) is 13.7. The van der Waals surface area contributed by atoms with E-state index in [1.165, 1.54) is 12.4 Å². The third-order valence-electron chi connectivity index (χ3n) is 3.82. The van der Waals surface area contributed by atoms with E-state index in [0.29, 0.717) is 19.0 Å². The van der Waals surface area contributed by atoms with Crippen molar-refractivity contribution in [3.8, 4) is 0 Å². The predicted octanol–water partition coefficient (Wildman–Crippen LogP) is 4.03. The van der Waals surface area contributed by atoms with Crippen LogP contribution in [-0.4, -0.2) is 46.3 Å². The molecule has 0 fully saturated rings. The molecule has 0 aliphatic heterocycles. The number of guanidine groups is 1. The molecule has 0 aliphatic carbocycles. The van der Waals surface area contributed by atoms with E-state index in [2.05, 4.69) is 32.9 Å². The van der Waals surface area contributed by atoms with Gasteiger partial charge < -0.3 is 20.7 Å². The van der Waals surface area contributed by atoms with E-state index in [1.807, 2.05) is 6.92 Å². The minimum Gasteiger partial charge on any atom is -0.444 e. The van der Waals surface area contributed by atoms with Crippen LogP contribution in [0.15, 0.2) is 17.4 Å². The number of nitrogens with one attached hydrogen (secondary N) is 3. The van der Waals surface area contributed by atoms with Crippen molar-refractivity contribution in [2.45, 2.75) is 78.6 Å². The van der Waals surface area contributed by atoms with Crippen molar-refractivity contribution in [1.29, 1.82) is 0 Å². The third-order valence-corrected chi connectivity index (χ3v) is 3.82. The molecular weight excluding hydrogens is 509 g/mol. The number of hydrogen-bond donors (Lipinski definition) is 3. The summed E-state index contributed by atoms with van der Waals surface area (Å²) in [6, 6.07) is -0.0879. The van der Waals surface area contributed by atoms with E-state index in [1.54, 1.807) is 20.8 Å². The average molecular weight is 544 g/mol. The van der Waals surface area contributed by atoms with Crippen molar-refractivity contribution < 1.29 is 18.3 Å². The van der Waals surface area contributed by atoms with Gasteiger partial charge in [-0.15, -0.1) is 24.0 Å². The molecule has 1 rings (SSSR count). The lowest BCUT2D eigenvalue weighted by Crippen LogP contribution is -2.49. The predicted molar refractivity (Wildman–Crippen MR) is 124 cm³/mol. The summed E-state index contributed by atoms with van der Waals surface area (Å²) in [5.41, 5.74) is -0.570. The summed E-state index contributed by atoms with van der Waals surface area (Å²) < 4.78 is 32.0. The summed E-state index contributed by atoms with van der Waals surface area (Å²) >= 11 is 0. The Morgan fingerprint density at radius 3 is 2.57 bits per heavy atom. The first kappa shape index (κ1) is 28.3. The minimum atomic E-state index is -2.66. The lowest BCUT2D eigenvalue weighted by Gasteiger charge is -2.24. The van der Waals surface area contributed by atoms with Gasteiger partial charge in [0, 0.05) is 31.5 Å². The molecule has 1 heterocycles. The van der Waals surface area contributed by atoms with E-state index in [4.69, 9.17) is 4.74 Å². The van der Waals surface area contributed by atoms with Crippen LogP contribution in [-0.2, 0) is 11.3 Å². The SMILES string of the molecule is CCCCC(CNC(=O)OC(C)(C)C)NC(=NCc1nccn1C(F)F)NCC.I. The second-order valence-corrected chi connectivity index (χ2v) is 7.59. The van der Waals surface area contributed by atoms with Gasteiger partial charge in [0.2, 0.25) is 0 Å². The largest absolute Gasteiger partial charge is 0.444 e. The van der Waals surface area contributed by atoms with Gasteiger partial charge >= 0.3 is 12.6 Å². The van der Waals surface area contributed by atoms with Crippen LogP contribution in [0.4, 0.5) is 13.6 Å². The van der Waals surface area contributed by atoms with E-state index in [0.717, 1.165) is 23.8 Å². The molecule has 3 N–H and O–H groups in total. The number of alkyl carbamates (subject to hydrolysis) is 1. The molecule has 1 amide bonds. The zero-order valence-corrected chi connectivity index (χ0v) is 20.7. The van der Waals surface area contributed by atoms with Gasteiger partial charge in [0.05, 0.1) is 0 Å². The van der Waals surface area contributed by atoms with Crippen LogP contribution in [0, 0.1) is 0 Å². The van der Waals surface area contributed by atoms with Crippen molar-refractivity contribution >= 4 is 36.0 Å². The van der Waals surface area contributed by atoms with E-state index in [-0.39, 0.29) is 42.4 Å². The van der Waals surface area contributed by atoms with Crippen LogP contribution in [0.2, 0.25) is 0 Å². The Bertz CT molecular complexity index is 649. The summed E-state index contributed by atoms with van der Waals surface area (Å²) in [4.78, 5) is 20.2. The van der Waals surface area contributed by atoms with Gasteiger partial charge in [-0.1, -0.05) is 19.8 Å². The van der Waals surface area contributed by atoms with Crippen molar-refractivity contribution in [2.24, 2.45) is 4.99 Å². The fourth-order valence-electron chi connectivity index (χ4n) is 2.50. The summed E-state index contributed by atoms with van der Waals surface area (Å²) in [5, 5.41) is 9.13. The number of halogens is 3. The van der Waals surface area contributed by atoms with Crippen LogP contribution in [0.1, 0.15) is 66.3 Å². The second-order valence-electron chi connectivity index (χ2n) is 7.59. The molecule has 1 unspecified atom stereocenters. The highest BCUT2D eigenvalue weighted by Gasteiger charge is 2.18. The standard InChI is InChI=1S/C19H34F2N6O2.HI/c1-6-8-9-14(12-25-18(28)29-19(3,4)5)26-17(22-7-2)24-13-15-23-10-11-27(15)16(20)21;/h10-11,14,16H,6-9,12-13H2,1-5H3,(H,25,28)(H2,22,24,26);1H. The second kappa shape index (κ2) is 14.4. The van der Waals surface area contributed by atoms with Crippen LogP contribution in [0.25, 0.3) is 0 Å². The topological polar surface area (TPSA) is 92.6 Å². The third kappa shape index (κ3) is 11.5. The highest BCUT2D eigenvalue weighted by Crippen LogP contribution is 2.13. The molecule has 1 aromatic heterocycles. The Labute approximate surface area is 194 Å². The fraction of sp³-hybridized carbons (Fsp3) is 0.737. The van der Waals surface area contributed by atoms with E-state index < -0.39 is 18.2 Å². The van der Waals surface area contributed by atoms with Gasteiger partial charge in [0.15, 0.2) is 5.96 Å². The first-order valence-electron chi connectivity index (χ1n) is 9.97. The number of amides is 1. The van der Waals surface area contributed by atoms with Crippen LogP contribution in [0.3, 0.4) is 0 Å². The lowest BCUT2D eigenvalue weighted by atomic mass is 10.1. The molecule has 0 aromatic carbocycles. The van der Waals surface area contributed by atoms with Gasteiger partial charge in [-0.25, -0.2) is 14.8 Å². The molecule has 1 atom stereocenters. The molecular formula is C19H35F2IN6O2. The number of hydrogen-bond acceptors (Lipinski definition) is 4. The Kier molecular flexibility index (Phi) is 13.6. The molecule has 174 valence electrons. The Morgan fingerprint density at radius 1 is 1.30 bits per heavy atom. The van der Waals surface area contributed by atoms with E-state index >= 15 is 0 Å². The van der Waals surface area contributed by atoms with Crippen molar-refractivity contribution in [3.63, 3.8) is 0 Å². The van der Waals surface area contributed by atoms with Gasteiger partial charge in [-0.2, -0.15) is 8.78 Å². The number of aromatic nitrogens is 2. The molecule has 0 saturated carbocycles. The smallest absolute Gasteiger partial charge is 0.407 e. The number of unbranched alkanes of at least 4 members (excludes halogenated alkanes) is 1. The Balaban J connectivity index is 0.00000841. The minimum absolute atomic E-state index is 0. The number of aliphatic imine (C=N–C) groups is 1. The summed E-state index contributed by atoms with van der Waals surface area (Å²) in [7, 11) is 0. The van der Waals surface area contributed by atoms with Gasteiger partial charge in [0.1, 0.15) is 18.0 Å². The molecule has 0 bridgehead atoms. The van der Waals surface area contributed by atoms with Crippen LogP contribution < -0.4 is 16.0 Å². The molecule has 0 radical (unpaired) electrons. The Hall–Kier alpha value is -1.66. The normalized spacial score (nSPS) is 12.9. The maximum absolute atomic E-state index is 13.0. The highest BCUT2D eigenvalue weighted by molar-refractivity contribution is 14.0. The van der Waals surface area contributed by atoms with Crippen LogP contribution in [0.5, 0.6) is 0 Å². The maximum atomic E-state index is 13.0. The zero-order valence-electron chi connectivity index (χ0n) is 18.4. The number of nitrogens with zero attached hydrogens (tertiary/aromatic N) is 3. The van der Waals surface area contributed by atoms with Crippen molar-refractivity contribution in [3.05, 3.63) is 18.2 Å². The number of carbonyl (C=O) groups is 1. The van der Waals surface area contributed by atoms with Gasteiger partial charge in [-0.05, 0) is 34.1 Å². The number of rotatable bonds is 10. The highest BCUT2D eigenvalue weighted by atomic mass is 127. The number of imidazole rings is 1. The lowest BCUT2D eigenvalue weighted by molar-refractivity contribution is 0.0522. The molecule has 1 aromatic rings. The number of alkyl halides is 2. The molecule has 30 heavy (non-hydrogen) atoms.